The van der Waals surface area contributed by atoms with Crippen molar-refractivity contribution >= 4 is 10.1 Å². The standard InChI is InChI=1S/C15H16O4S/c1-11-5-4-6-15(12(11)2)19-20(16,17)14-9-7-13(18-3)8-10-14/h4-10H,1-3H3. The Bertz CT molecular complexity index is 703. The molecule has 0 aliphatic rings. The second-order valence-electron chi connectivity index (χ2n) is 4.41. The van der Waals surface area contributed by atoms with Crippen molar-refractivity contribution in [2.45, 2.75) is 18.7 Å². The first-order chi connectivity index (χ1) is 9.44. The van der Waals surface area contributed by atoms with Crippen molar-refractivity contribution in [2.75, 3.05) is 7.11 Å². The predicted octanol–water partition coefficient (Wildman–Crippen LogP) is 3.08. The highest BCUT2D eigenvalue weighted by molar-refractivity contribution is 7.87. The number of ether oxygens (including phenoxy) is 1. The summed E-state index contributed by atoms with van der Waals surface area (Å²) in [5.41, 5.74) is 1.79. The van der Waals surface area contributed by atoms with Crippen molar-refractivity contribution in [3.05, 3.63) is 53.6 Å². The van der Waals surface area contributed by atoms with Gasteiger partial charge in [-0.2, -0.15) is 8.42 Å². The van der Waals surface area contributed by atoms with Crippen LogP contribution in [0.1, 0.15) is 11.1 Å². The molecule has 0 fully saturated rings. The van der Waals surface area contributed by atoms with Crippen LogP contribution in [0, 0.1) is 13.8 Å². The zero-order valence-electron chi connectivity index (χ0n) is 11.6. The summed E-state index contributed by atoms with van der Waals surface area (Å²) in [4.78, 5) is 0.0965. The number of hydrogen-bond acceptors (Lipinski definition) is 4. The summed E-state index contributed by atoms with van der Waals surface area (Å²) in [5.74, 6) is 0.941. The monoisotopic (exact) mass is 292 g/mol. The van der Waals surface area contributed by atoms with Crippen molar-refractivity contribution in [3.8, 4) is 11.5 Å². The topological polar surface area (TPSA) is 52.6 Å². The minimum Gasteiger partial charge on any atom is -0.497 e. The smallest absolute Gasteiger partial charge is 0.339 e. The van der Waals surface area contributed by atoms with E-state index in [1.807, 2.05) is 19.9 Å². The lowest BCUT2D eigenvalue weighted by atomic mass is 10.1. The first-order valence-electron chi connectivity index (χ1n) is 6.09. The number of benzene rings is 2. The first-order valence-corrected chi connectivity index (χ1v) is 7.49. The summed E-state index contributed by atoms with van der Waals surface area (Å²) in [6.07, 6.45) is 0. The van der Waals surface area contributed by atoms with E-state index < -0.39 is 10.1 Å². The molecule has 0 aromatic heterocycles. The van der Waals surface area contributed by atoms with Gasteiger partial charge < -0.3 is 8.92 Å². The molecule has 0 radical (unpaired) electrons. The lowest BCUT2D eigenvalue weighted by molar-refractivity contribution is 0.414. The molecule has 0 saturated carbocycles. The van der Waals surface area contributed by atoms with Gasteiger partial charge in [-0.25, -0.2) is 0 Å². The van der Waals surface area contributed by atoms with Gasteiger partial charge in [-0.05, 0) is 55.3 Å². The Labute approximate surface area is 119 Å². The lowest BCUT2D eigenvalue weighted by Crippen LogP contribution is -2.10. The van der Waals surface area contributed by atoms with Crippen molar-refractivity contribution in [2.24, 2.45) is 0 Å². The van der Waals surface area contributed by atoms with E-state index in [-0.39, 0.29) is 4.90 Å². The van der Waals surface area contributed by atoms with Crippen LogP contribution in [0.3, 0.4) is 0 Å². The van der Waals surface area contributed by atoms with Gasteiger partial charge in [0.25, 0.3) is 0 Å². The third kappa shape index (κ3) is 2.93. The van der Waals surface area contributed by atoms with E-state index in [2.05, 4.69) is 0 Å². The maximum absolute atomic E-state index is 12.2. The number of aryl methyl sites for hydroxylation is 1. The zero-order chi connectivity index (χ0) is 14.8. The van der Waals surface area contributed by atoms with Crippen LogP contribution in [0.15, 0.2) is 47.4 Å². The maximum atomic E-state index is 12.2. The fourth-order valence-electron chi connectivity index (χ4n) is 1.72. The van der Waals surface area contributed by atoms with Gasteiger partial charge in [-0.3, -0.25) is 0 Å². The van der Waals surface area contributed by atoms with E-state index in [9.17, 15) is 8.42 Å². The van der Waals surface area contributed by atoms with Gasteiger partial charge in [0, 0.05) is 0 Å². The average Bonchev–Trinajstić information content (AvgIpc) is 2.44. The molecule has 0 unspecified atom stereocenters. The summed E-state index contributed by atoms with van der Waals surface area (Å²) in [6.45, 7) is 3.73. The Morgan fingerprint density at radius 2 is 1.60 bits per heavy atom. The molecule has 4 nitrogen and oxygen atoms in total. The van der Waals surface area contributed by atoms with Gasteiger partial charge in [0.05, 0.1) is 7.11 Å². The molecule has 0 spiro atoms. The third-order valence-electron chi connectivity index (χ3n) is 3.10. The van der Waals surface area contributed by atoms with Crippen molar-refractivity contribution in [1.29, 1.82) is 0 Å². The van der Waals surface area contributed by atoms with Gasteiger partial charge in [0.1, 0.15) is 16.4 Å². The van der Waals surface area contributed by atoms with Crippen molar-refractivity contribution in [1.82, 2.24) is 0 Å². The van der Waals surface area contributed by atoms with Crippen LogP contribution in [0.2, 0.25) is 0 Å². The zero-order valence-corrected chi connectivity index (χ0v) is 12.4. The van der Waals surface area contributed by atoms with Crippen molar-refractivity contribution in [3.63, 3.8) is 0 Å². The third-order valence-corrected chi connectivity index (χ3v) is 4.35. The Balaban J connectivity index is 2.33. The summed E-state index contributed by atoms with van der Waals surface area (Å²) < 4.78 is 34.6. The molecule has 2 aromatic carbocycles. The van der Waals surface area contributed by atoms with Gasteiger partial charge in [0.15, 0.2) is 0 Å². The molecule has 0 aliphatic heterocycles. The van der Waals surface area contributed by atoms with E-state index >= 15 is 0 Å². The van der Waals surface area contributed by atoms with Crippen LogP contribution in [-0.4, -0.2) is 15.5 Å². The van der Waals surface area contributed by atoms with Gasteiger partial charge in [-0.1, -0.05) is 12.1 Å². The fraction of sp³-hybridized carbons (Fsp3) is 0.200. The maximum Gasteiger partial charge on any atom is 0.339 e. The molecule has 5 heteroatoms. The molecular formula is C15H16O4S. The Morgan fingerprint density at radius 3 is 2.20 bits per heavy atom. The minimum absolute atomic E-state index is 0.0965. The Hall–Kier alpha value is -2.01. The summed E-state index contributed by atoms with van der Waals surface area (Å²) >= 11 is 0. The van der Waals surface area contributed by atoms with E-state index in [1.165, 1.54) is 19.2 Å². The Kier molecular flexibility index (Phi) is 3.99. The summed E-state index contributed by atoms with van der Waals surface area (Å²) in [6, 6.07) is 11.4. The molecule has 0 amide bonds. The molecule has 0 bridgehead atoms. The fourth-order valence-corrected chi connectivity index (χ4v) is 2.71. The van der Waals surface area contributed by atoms with E-state index in [4.69, 9.17) is 8.92 Å². The molecule has 0 heterocycles. The highest BCUT2D eigenvalue weighted by Gasteiger charge is 2.18. The molecule has 0 N–H and O–H groups in total. The highest BCUT2D eigenvalue weighted by Crippen LogP contribution is 2.25. The molecule has 0 aliphatic carbocycles. The average molecular weight is 292 g/mol. The van der Waals surface area contributed by atoms with Crippen LogP contribution in [0.5, 0.6) is 11.5 Å². The molecule has 2 rings (SSSR count). The second kappa shape index (κ2) is 5.54. The normalized spacial score (nSPS) is 11.2. The van der Waals surface area contributed by atoms with Crippen LogP contribution >= 0.6 is 0 Å². The van der Waals surface area contributed by atoms with E-state index in [0.29, 0.717) is 11.5 Å². The quantitative estimate of drug-likeness (QED) is 0.813. The van der Waals surface area contributed by atoms with Crippen LogP contribution < -0.4 is 8.92 Å². The van der Waals surface area contributed by atoms with E-state index in [0.717, 1.165) is 11.1 Å². The molecule has 106 valence electrons. The van der Waals surface area contributed by atoms with Crippen LogP contribution in [0.25, 0.3) is 0 Å². The second-order valence-corrected chi connectivity index (χ2v) is 5.96. The Morgan fingerprint density at radius 1 is 0.950 bits per heavy atom. The highest BCUT2D eigenvalue weighted by atomic mass is 32.2. The molecule has 20 heavy (non-hydrogen) atoms. The molecule has 0 saturated heterocycles. The van der Waals surface area contributed by atoms with Crippen LogP contribution in [0.4, 0.5) is 0 Å². The number of methoxy groups -OCH3 is 1. The molecular weight excluding hydrogens is 276 g/mol. The molecule has 2 aromatic rings. The first kappa shape index (κ1) is 14.4. The van der Waals surface area contributed by atoms with Gasteiger partial charge in [0.2, 0.25) is 0 Å². The predicted molar refractivity (Wildman–Crippen MR) is 76.7 cm³/mol. The minimum atomic E-state index is -3.83. The molecule has 0 atom stereocenters. The van der Waals surface area contributed by atoms with Gasteiger partial charge >= 0.3 is 10.1 Å². The number of rotatable bonds is 4. The largest absolute Gasteiger partial charge is 0.497 e. The van der Waals surface area contributed by atoms with Crippen LogP contribution in [-0.2, 0) is 10.1 Å². The van der Waals surface area contributed by atoms with E-state index in [1.54, 1.807) is 24.3 Å². The number of hydrogen-bond donors (Lipinski definition) is 0. The SMILES string of the molecule is COc1ccc(S(=O)(=O)Oc2cccc(C)c2C)cc1. The summed E-state index contributed by atoms with van der Waals surface area (Å²) in [7, 11) is -2.31. The summed E-state index contributed by atoms with van der Waals surface area (Å²) in [5, 5.41) is 0. The lowest BCUT2D eigenvalue weighted by Gasteiger charge is -2.11. The van der Waals surface area contributed by atoms with Gasteiger partial charge in [-0.15, -0.1) is 0 Å². The van der Waals surface area contributed by atoms with Crippen molar-refractivity contribution < 1.29 is 17.3 Å².